The molecule has 0 unspecified atom stereocenters. The lowest BCUT2D eigenvalue weighted by Crippen LogP contribution is -1.99. The second kappa shape index (κ2) is 7.88. The zero-order chi connectivity index (χ0) is 14.3. The van der Waals surface area contributed by atoms with Crippen molar-refractivity contribution in [3.8, 4) is 0 Å². The van der Waals surface area contributed by atoms with Gasteiger partial charge in [0.25, 0.3) is 10.1 Å². The van der Waals surface area contributed by atoms with Crippen molar-refractivity contribution >= 4 is 21.7 Å². The third-order valence-corrected chi connectivity index (χ3v) is 4.43. The predicted octanol–water partition coefficient (Wildman–Crippen LogP) is 4.49. The number of benzene rings is 1. The van der Waals surface area contributed by atoms with Crippen LogP contribution in [0.5, 0.6) is 0 Å². The van der Waals surface area contributed by atoms with E-state index in [9.17, 15) is 8.42 Å². The second-order valence-electron chi connectivity index (χ2n) is 4.76. The van der Waals surface area contributed by atoms with Crippen LogP contribution in [0.25, 0.3) is 0 Å². The van der Waals surface area contributed by atoms with Gasteiger partial charge in [0.15, 0.2) is 0 Å². The Bertz CT molecular complexity index is 497. The Kier molecular flexibility index (Phi) is 6.83. The van der Waals surface area contributed by atoms with E-state index in [1.165, 1.54) is 38.2 Å². The number of unbranched alkanes of at least 4 members (excludes halogenated alkanes) is 5. The molecule has 19 heavy (non-hydrogen) atoms. The van der Waals surface area contributed by atoms with Gasteiger partial charge in [-0.05, 0) is 30.5 Å². The molecule has 0 fully saturated rings. The van der Waals surface area contributed by atoms with Crippen LogP contribution in [0.2, 0.25) is 5.02 Å². The molecule has 0 saturated carbocycles. The molecule has 0 spiro atoms. The standard InChI is InChI=1S/C14H21ClO3S/c1-2-3-4-5-6-7-8-12-9-10-14(13(15)11-12)19(16,17)18/h9-11H,2-8H2,1H3,(H,16,17,18). The van der Waals surface area contributed by atoms with Crippen LogP contribution in [-0.4, -0.2) is 13.0 Å². The molecule has 3 nitrogen and oxygen atoms in total. The van der Waals surface area contributed by atoms with Crippen molar-refractivity contribution < 1.29 is 13.0 Å². The molecule has 0 aliphatic rings. The molecule has 1 aromatic carbocycles. The monoisotopic (exact) mass is 304 g/mol. The highest BCUT2D eigenvalue weighted by atomic mass is 35.5. The summed E-state index contributed by atoms with van der Waals surface area (Å²) < 4.78 is 30.9. The van der Waals surface area contributed by atoms with E-state index in [1.54, 1.807) is 12.1 Å². The lowest BCUT2D eigenvalue weighted by molar-refractivity contribution is 0.483. The molecule has 0 heterocycles. The normalized spacial score (nSPS) is 11.7. The molecule has 0 aliphatic carbocycles. The molecule has 0 radical (unpaired) electrons. The van der Waals surface area contributed by atoms with E-state index < -0.39 is 10.1 Å². The van der Waals surface area contributed by atoms with E-state index in [2.05, 4.69) is 6.92 Å². The van der Waals surface area contributed by atoms with Crippen LogP contribution in [0.3, 0.4) is 0 Å². The number of hydrogen-bond acceptors (Lipinski definition) is 2. The third kappa shape index (κ3) is 5.93. The van der Waals surface area contributed by atoms with Crippen molar-refractivity contribution in [1.29, 1.82) is 0 Å². The molecule has 108 valence electrons. The predicted molar refractivity (Wildman–Crippen MR) is 78.3 cm³/mol. The fourth-order valence-electron chi connectivity index (χ4n) is 2.02. The van der Waals surface area contributed by atoms with E-state index in [1.807, 2.05) is 0 Å². The van der Waals surface area contributed by atoms with Gasteiger partial charge in [-0.25, -0.2) is 0 Å². The summed E-state index contributed by atoms with van der Waals surface area (Å²) in [5.74, 6) is 0. The maximum absolute atomic E-state index is 11.0. The van der Waals surface area contributed by atoms with E-state index in [-0.39, 0.29) is 9.92 Å². The first kappa shape index (κ1) is 16.5. The quantitative estimate of drug-likeness (QED) is 0.568. The summed E-state index contributed by atoms with van der Waals surface area (Å²) in [5, 5.41) is 0.0889. The van der Waals surface area contributed by atoms with Crippen LogP contribution in [0.1, 0.15) is 51.0 Å². The average Bonchev–Trinajstić information content (AvgIpc) is 2.32. The van der Waals surface area contributed by atoms with Crippen molar-refractivity contribution in [2.75, 3.05) is 0 Å². The average molecular weight is 305 g/mol. The highest BCUT2D eigenvalue weighted by Gasteiger charge is 2.14. The first-order valence-electron chi connectivity index (χ1n) is 6.71. The van der Waals surface area contributed by atoms with Crippen molar-refractivity contribution in [2.45, 2.75) is 56.8 Å². The Morgan fingerprint density at radius 3 is 2.32 bits per heavy atom. The zero-order valence-electron chi connectivity index (χ0n) is 11.2. The second-order valence-corrected chi connectivity index (χ2v) is 6.55. The third-order valence-electron chi connectivity index (χ3n) is 3.09. The molecule has 0 aromatic heterocycles. The number of rotatable bonds is 8. The highest BCUT2D eigenvalue weighted by molar-refractivity contribution is 7.86. The summed E-state index contributed by atoms with van der Waals surface area (Å²) in [4.78, 5) is -0.221. The molecule has 0 aliphatic heterocycles. The van der Waals surface area contributed by atoms with E-state index in [4.69, 9.17) is 16.2 Å². The van der Waals surface area contributed by atoms with Gasteiger partial charge in [0.2, 0.25) is 0 Å². The van der Waals surface area contributed by atoms with Crippen LogP contribution in [-0.2, 0) is 16.5 Å². The lowest BCUT2D eigenvalue weighted by atomic mass is 10.1. The molecule has 1 aromatic rings. The zero-order valence-corrected chi connectivity index (χ0v) is 12.8. The van der Waals surface area contributed by atoms with Gasteiger partial charge >= 0.3 is 0 Å². The van der Waals surface area contributed by atoms with Gasteiger partial charge in [0.05, 0.1) is 5.02 Å². The van der Waals surface area contributed by atoms with Crippen molar-refractivity contribution in [2.24, 2.45) is 0 Å². The van der Waals surface area contributed by atoms with Crippen molar-refractivity contribution in [1.82, 2.24) is 0 Å². The largest absolute Gasteiger partial charge is 0.296 e. The Hall–Kier alpha value is -0.580. The van der Waals surface area contributed by atoms with Crippen LogP contribution in [0.15, 0.2) is 23.1 Å². The highest BCUT2D eigenvalue weighted by Crippen LogP contribution is 2.23. The molecular formula is C14H21ClO3S. The molecule has 1 N–H and O–H groups in total. The summed E-state index contributed by atoms with van der Waals surface area (Å²) in [6.45, 7) is 2.19. The minimum atomic E-state index is -4.22. The van der Waals surface area contributed by atoms with Crippen LogP contribution < -0.4 is 0 Å². The number of halogens is 1. The number of hydrogen-bond donors (Lipinski definition) is 1. The summed E-state index contributed by atoms with van der Waals surface area (Å²) in [6, 6.07) is 4.70. The van der Waals surface area contributed by atoms with Gasteiger partial charge in [-0.15, -0.1) is 0 Å². The van der Waals surface area contributed by atoms with Gasteiger partial charge in [-0.2, -0.15) is 8.42 Å². The molecule has 0 saturated heterocycles. The van der Waals surface area contributed by atoms with Crippen LogP contribution in [0.4, 0.5) is 0 Å². The van der Waals surface area contributed by atoms with Crippen molar-refractivity contribution in [3.05, 3.63) is 28.8 Å². The SMILES string of the molecule is CCCCCCCCc1ccc(S(=O)(=O)O)c(Cl)c1. The molecule has 5 heteroatoms. The Labute approximate surface area is 120 Å². The maximum Gasteiger partial charge on any atom is 0.296 e. The van der Waals surface area contributed by atoms with Crippen LogP contribution in [0, 0.1) is 0 Å². The Balaban J connectivity index is 2.46. The molecular weight excluding hydrogens is 284 g/mol. The summed E-state index contributed by atoms with van der Waals surface area (Å²) in [5.41, 5.74) is 1.01. The van der Waals surface area contributed by atoms with E-state index in [0.29, 0.717) is 0 Å². The van der Waals surface area contributed by atoms with E-state index in [0.717, 1.165) is 18.4 Å². The smallest absolute Gasteiger partial charge is 0.282 e. The number of aryl methyl sites for hydroxylation is 1. The Morgan fingerprint density at radius 2 is 1.74 bits per heavy atom. The summed E-state index contributed by atoms with van der Waals surface area (Å²) >= 11 is 5.86. The maximum atomic E-state index is 11.0. The van der Waals surface area contributed by atoms with Crippen molar-refractivity contribution in [3.63, 3.8) is 0 Å². The van der Waals surface area contributed by atoms with Gasteiger partial charge in [0, 0.05) is 0 Å². The molecule has 0 bridgehead atoms. The first-order valence-corrected chi connectivity index (χ1v) is 8.53. The topological polar surface area (TPSA) is 54.4 Å². The minimum Gasteiger partial charge on any atom is -0.282 e. The molecule has 1 rings (SSSR count). The summed E-state index contributed by atoms with van der Waals surface area (Å²) in [6.07, 6.45) is 8.19. The molecule has 0 atom stereocenters. The summed E-state index contributed by atoms with van der Waals surface area (Å²) in [7, 11) is -4.22. The Morgan fingerprint density at radius 1 is 1.11 bits per heavy atom. The molecule has 0 amide bonds. The first-order chi connectivity index (χ1) is 8.95. The van der Waals surface area contributed by atoms with E-state index >= 15 is 0 Å². The lowest BCUT2D eigenvalue weighted by Gasteiger charge is -2.05. The fraction of sp³-hybridized carbons (Fsp3) is 0.571. The van der Waals surface area contributed by atoms with Crippen LogP contribution >= 0.6 is 11.6 Å². The fourth-order valence-corrected chi connectivity index (χ4v) is 3.06. The van der Waals surface area contributed by atoms with Gasteiger partial charge < -0.3 is 0 Å². The van der Waals surface area contributed by atoms with Gasteiger partial charge in [-0.1, -0.05) is 56.7 Å². The minimum absolute atomic E-state index is 0.0889. The van der Waals surface area contributed by atoms with Gasteiger partial charge in [-0.3, -0.25) is 4.55 Å². The van der Waals surface area contributed by atoms with Gasteiger partial charge in [0.1, 0.15) is 4.90 Å².